The van der Waals surface area contributed by atoms with Crippen LogP contribution in [-0.4, -0.2) is 43.6 Å². The van der Waals surface area contributed by atoms with Gasteiger partial charge in [0.1, 0.15) is 0 Å². The van der Waals surface area contributed by atoms with E-state index in [1.165, 1.54) is 19.3 Å². The molecule has 0 aliphatic carbocycles. The number of hydrogen-bond donors (Lipinski definition) is 1. The zero-order valence-electron chi connectivity index (χ0n) is 12.1. The van der Waals surface area contributed by atoms with Gasteiger partial charge in [0.15, 0.2) is 0 Å². The average molecular weight is 288 g/mol. The monoisotopic (exact) mass is 288 g/mol. The van der Waals surface area contributed by atoms with Crippen LogP contribution in [0.1, 0.15) is 58.3 Å². The Morgan fingerprint density at radius 1 is 1.16 bits per heavy atom. The summed E-state index contributed by atoms with van der Waals surface area (Å²) in [7, 11) is -3.05. The van der Waals surface area contributed by atoms with Gasteiger partial charge in [-0.3, -0.25) is 0 Å². The topological polar surface area (TPSA) is 49.4 Å². The van der Waals surface area contributed by atoms with Crippen molar-refractivity contribution in [3.8, 4) is 0 Å². The van der Waals surface area contributed by atoms with Gasteiger partial charge in [0.25, 0.3) is 0 Å². The van der Waals surface area contributed by atoms with E-state index in [0.717, 1.165) is 45.2 Å². The highest BCUT2D eigenvalue weighted by Crippen LogP contribution is 2.24. The van der Waals surface area contributed by atoms with Crippen molar-refractivity contribution in [2.45, 2.75) is 70.4 Å². The van der Waals surface area contributed by atoms with Crippen LogP contribution in [0.3, 0.4) is 0 Å². The average Bonchev–Trinajstić information content (AvgIpc) is 2.46. The number of nitrogens with one attached hydrogen (secondary N) is 1. The Bertz CT molecular complexity index is 364. The third-order valence-electron chi connectivity index (χ3n) is 4.54. The molecule has 4 nitrogen and oxygen atoms in total. The molecular weight excluding hydrogens is 260 g/mol. The summed E-state index contributed by atoms with van der Waals surface area (Å²) in [6.07, 6.45) is 8.55. The first-order valence-corrected chi connectivity index (χ1v) is 9.47. The molecule has 0 spiro atoms. The van der Waals surface area contributed by atoms with Crippen LogP contribution in [-0.2, 0) is 10.0 Å². The molecule has 112 valence electrons. The van der Waals surface area contributed by atoms with Crippen LogP contribution in [0, 0.1) is 0 Å². The number of sulfonamides is 1. The minimum Gasteiger partial charge on any atom is -0.314 e. The summed E-state index contributed by atoms with van der Waals surface area (Å²) < 4.78 is 26.8. The molecule has 2 unspecified atom stereocenters. The van der Waals surface area contributed by atoms with E-state index < -0.39 is 10.0 Å². The van der Waals surface area contributed by atoms with E-state index in [-0.39, 0.29) is 6.04 Å². The molecule has 2 saturated heterocycles. The van der Waals surface area contributed by atoms with Crippen molar-refractivity contribution in [1.29, 1.82) is 0 Å². The Morgan fingerprint density at radius 3 is 2.63 bits per heavy atom. The Labute approximate surface area is 118 Å². The van der Waals surface area contributed by atoms with Gasteiger partial charge in [-0.1, -0.05) is 19.8 Å². The van der Waals surface area contributed by atoms with Crippen LogP contribution in [0.2, 0.25) is 0 Å². The molecule has 5 heteroatoms. The zero-order valence-corrected chi connectivity index (χ0v) is 12.9. The van der Waals surface area contributed by atoms with Gasteiger partial charge in [0, 0.05) is 18.6 Å². The van der Waals surface area contributed by atoms with Crippen molar-refractivity contribution < 1.29 is 8.42 Å². The Morgan fingerprint density at radius 2 is 1.95 bits per heavy atom. The lowest BCUT2D eigenvalue weighted by Crippen LogP contribution is -2.45. The minimum absolute atomic E-state index is 0.248. The van der Waals surface area contributed by atoms with Crippen molar-refractivity contribution in [2.75, 3.05) is 18.8 Å². The molecule has 2 heterocycles. The SMILES string of the molecule is CCC1CCCCN1S(=O)(=O)CCC1CCCCN1. The molecule has 0 aromatic rings. The Kier molecular flexibility index (Phi) is 5.66. The van der Waals surface area contributed by atoms with Crippen LogP contribution >= 0.6 is 0 Å². The fourth-order valence-corrected chi connectivity index (χ4v) is 5.26. The molecule has 0 aromatic heterocycles. The molecule has 2 rings (SSSR count). The summed E-state index contributed by atoms with van der Waals surface area (Å²) in [5.74, 6) is 0.321. The van der Waals surface area contributed by atoms with Gasteiger partial charge in [0.2, 0.25) is 10.0 Å². The van der Waals surface area contributed by atoms with Crippen molar-refractivity contribution >= 4 is 10.0 Å². The molecule has 2 atom stereocenters. The van der Waals surface area contributed by atoms with Gasteiger partial charge >= 0.3 is 0 Å². The third-order valence-corrected chi connectivity index (χ3v) is 6.49. The summed E-state index contributed by atoms with van der Waals surface area (Å²) >= 11 is 0. The summed E-state index contributed by atoms with van der Waals surface area (Å²) in [6.45, 7) is 3.88. The summed E-state index contributed by atoms with van der Waals surface area (Å²) in [5, 5.41) is 3.44. The van der Waals surface area contributed by atoms with Crippen LogP contribution < -0.4 is 5.32 Å². The maximum atomic E-state index is 12.5. The Hall–Kier alpha value is -0.130. The van der Waals surface area contributed by atoms with Gasteiger partial charge in [-0.2, -0.15) is 4.31 Å². The van der Waals surface area contributed by atoms with Gasteiger partial charge in [-0.25, -0.2) is 8.42 Å². The molecule has 0 aromatic carbocycles. The van der Waals surface area contributed by atoms with Crippen LogP contribution in [0.15, 0.2) is 0 Å². The fourth-order valence-electron chi connectivity index (χ4n) is 3.33. The van der Waals surface area contributed by atoms with E-state index in [0.29, 0.717) is 11.8 Å². The van der Waals surface area contributed by atoms with Gasteiger partial charge < -0.3 is 5.32 Å². The second-order valence-electron chi connectivity index (χ2n) is 5.92. The second-order valence-corrected chi connectivity index (χ2v) is 7.96. The highest BCUT2D eigenvalue weighted by Gasteiger charge is 2.31. The standard InChI is InChI=1S/C14H28N2O2S/c1-2-14-8-4-6-11-16(14)19(17,18)12-9-13-7-3-5-10-15-13/h13-15H,2-12H2,1H3. The van der Waals surface area contributed by atoms with Crippen LogP contribution in [0.4, 0.5) is 0 Å². The maximum Gasteiger partial charge on any atom is 0.214 e. The largest absolute Gasteiger partial charge is 0.314 e. The number of piperidine rings is 2. The van der Waals surface area contributed by atoms with Gasteiger partial charge in [0.05, 0.1) is 5.75 Å². The second kappa shape index (κ2) is 7.04. The number of hydrogen-bond acceptors (Lipinski definition) is 3. The predicted octanol–water partition coefficient (Wildman–Crippen LogP) is 2.11. The van der Waals surface area contributed by atoms with E-state index in [2.05, 4.69) is 12.2 Å². The molecular formula is C14H28N2O2S. The van der Waals surface area contributed by atoms with Crippen LogP contribution in [0.5, 0.6) is 0 Å². The summed E-state index contributed by atoms with van der Waals surface area (Å²) in [6, 6.07) is 0.659. The first kappa shape index (κ1) is 15.3. The maximum absolute atomic E-state index is 12.5. The zero-order chi connectivity index (χ0) is 13.7. The van der Waals surface area contributed by atoms with Crippen LogP contribution in [0.25, 0.3) is 0 Å². The highest BCUT2D eigenvalue weighted by atomic mass is 32.2. The quantitative estimate of drug-likeness (QED) is 0.843. The van der Waals surface area contributed by atoms with E-state index in [4.69, 9.17) is 0 Å². The van der Waals surface area contributed by atoms with E-state index in [1.807, 2.05) is 0 Å². The number of rotatable bonds is 5. The minimum atomic E-state index is -3.05. The van der Waals surface area contributed by atoms with E-state index in [1.54, 1.807) is 4.31 Å². The highest BCUT2D eigenvalue weighted by molar-refractivity contribution is 7.89. The molecule has 19 heavy (non-hydrogen) atoms. The number of nitrogens with zero attached hydrogens (tertiary/aromatic N) is 1. The predicted molar refractivity (Wildman–Crippen MR) is 78.7 cm³/mol. The first-order valence-electron chi connectivity index (χ1n) is 7.86. The summed E-state index contributed by atoms with van der Waals surface area (Å²) in [4.78, 5) is 0. The molecule has 2 aliphatic heterocycles. The lowest BCUT2D eigenvalue weighted by molar-refractivity contribution is 0.246. The van der Waals surface area contributed by atoms with E-state index in [9.17, 15) is 8.42 Å². The van der Waals surface area contributed by atoms with Crippen molar-refractivity contribution in [3.63, 3.8) is 0 Å². The van der Waals surface area contributed by atoms with Crippen molar-refractivity contribution in [3.05, 3.63) is 0 Å². The normalized spacial score (nSPS) is 30.4. The lowest BCUT2D eigenvalue weighted by atomic mass is 10.0. The molecule has 0 radical (unpaired) electrons. The molecule has 0 saturated carbocycles. The fraction of sp³-hybridized carbons (Fsp3) is 1.00. The molecule has 0 bridgehead atoms. The third kappa shape index (κ3) is 4.17. The molecule has 0 amide bonds. The van der Waals surface area contributed by atoms with Gasteiger partial charge in [-0.15, -0.1) is 0 Å². The lowest BCUT2D eigenvalue weighted by Gasteiger charge is -2.34. The van der Waals surface area contributed by atoms with E-state index >= 15 is 0 Å². The summed E-state index contributed by atoms with van der Waals surface area (Å²) in [5.41, 5.74) is 0. The molecule has 1 N–H and O–H groups in total. The smallest absolute Gasteiger partial charge is 0.214 e. The van der Waals surface area contributed by atoms with Crippen molar-refractivity contribution in [2.24, 2.45) is 0 Å². The molecule has 2 fully saturated rings. The molecule has 2 aliphatic rings. The van der Waals surface area contributed by atoms with Crippen molar-refractivity contribution in [1.82, 2.24) is 9.62 Å². The Balaban J connectivity index is 1.89. The first-order chi connectivity index (χ1) is 9.13. The van der Waals surface area contributed by atoms with Gasteiger partial charge in [-0.05, 0) is 45.1 Å².